The summed E-state index contributed by atoms with van der Waals surface area (Å²) < 4.78 is 12.0. The van der Waals surface area contributed by atoms with Crippen LogP contribution >= 0.6 is 0 Å². The van der Waals surface area contributed by atoms with E-state index in [0.717, 1.165) is 0 Å². The summed E-state index contributed by atoms with van der Waals surface area (Å²) in [5.74, 6) is 1.34. The topological polar surface area (TPSA) is 68.5 Å². The van der Waals surface area contributed by atoms with Crippen molar-refractivity contribution >= 4 is 5.82 Å². The van der Waals surface area contributed by atoms with Gasteiger partial charge in [-0.25, -0.2) is 4.68 Å². The molecule has 1 aromatic rings. The number of aliphatic hydroxyl groups excluding tert-OH is 1. The van der Waals surface area contributed by atoms with Crippen LogP contribution in [0.5, 0.6) is 5.88 Å². The van der Waals surface area contributed by atoms with Crippen molar-refractivity contribution in [2.45, 2.75) is 26.1 Å². The number of nitrogens with one attached hydrogen (secondary N) is 1. The molecule has 17 heavy (non-hydrogen) atoms. The number of aromatic nitrogens is 2. The van der Waals surface area contributed by atoms with Crippen molar-refractivity contribution in [2.24, 2.45) is 7.05 Å². The van der Waals surface area contributed by atoms with Crippen molar-refractivity contribution in [1.29, 1.82) is 0 Å². The zero-order valence-electron chi connectivity index (χ0n) is 10.8. The lowest BCUT2D eigenvalue weighted by Gasteiger charge is -2.13. The van der Waals surface area contributed by atoms with Crippen LogP contribution in [0.25, 0.3) is 0 Å². The van der Waals surface area contributed by atoms with Crippen LogP contribution in [-0.2, 0) is 11.8 Å². The molecule has 6 heteroatoms. The van der Waals surface area contributed by atoms with Crippen molar-refractivity contribution in [1.82, 2.24) is 9.78 Å². The average Bonchev–Trinajstić information content (AvgIpc) is 2.64. The van der Waals surface area contributed by atoms with Gasteiger partial charge in [-0.2, -0.15) is 5.10 Å². The summed E-state index contributed by atoms with van der Waals surface area (Å²) in [6, 6.07) is 1.77. The number of aryl methyl sites for hydroxylation is 1. The van der Waals surface area contributed by atoms with Crippen molar-refractivity contribution < 1.29 is 14.6 Å². The Morgan fingerprint density at radius 2 is 2.24 bits per heavy atom. The lowest BCUT2D eigenvalue weighted by molar-refractivity contribution is 0.0112. The quantitative estimate of drug-likeness (QED) is 0.735. The largest absolute Gasteiger partial charge is 0.481 e. The lowest BCUT2D eigenvalue weighted by Crippen LogP contribution is -2.26. The third kappa shape index (κ3) is 4.62. The Labute approximate surface area is 102 Å². The molecule has 0 aliphatic heterocycles. The summed E-state index contributed by atoms with van der Waals surface area (Å²) in [5, 5.41) is 16.8. The van der Waals surface area contributed by atoms with E-state index in [4.69, 9.17) is 9.47 Å². The number of ether oxygens (including phenoxy) is 2. The molecule has 0 aliphatic rings. The van der Waals surface area contributed by atoms with E-state index in [1.54, 1.807) is 24.9 Å². The van der Waals surface area contributed by atoms with Crippen LogP contribution in [0.1, 0.15) is 13.8 Å². The predicted octanol–water partition coefficient (Wildman–Crippen LogP) is 0.626. The smallest absolute Gasteiger partial charge is 0.213 e. The zero-order valence-corrected chi connectivity index (χ0v) is 10.8. The Kier molecular flexibility index (Phi) is 5.24. The van der Waals surface area contributed by atoms with Crippen LogP contribution in [0.4, 0.5) is 5.82 Å². The molecule has 0 saturated heterocycles. The van der Waals surface area contributed by atoms with Gasteiger partial charge in [0.25, 0.3) is 0 Å². The van der Waals surface area contributed by atoms with Gasteiger partial charge in [-0.15, -0.1) is 0 Å². The minimum atomic E-state index is -0.551. The van der Waals surface area contributed by atoms with Gasteiger partial charge in [0.05, 0.1) is 25.9 Å². The van der Waals surface area contributed by atoms with Crippen molar-refractivity contribution in [3.63, 3.8) is 0 Å². The van der Waals surface area contributed by atoms with Gasteiger partial charge in [0.15, 0.2) is 5.82 Å². The fourth-order valence-electron chi connectivity index (χ4n) is 1.31. The first-order valence-electron chi connectivity index (χ1n) is 5.64. The molecule has 2 N–H and O–H groups in total. The Bertz CT molecular complexity index is 339. The standard InChI is InChI=1S/C11H21N3O3/c1-8(2)17-7-9(15)6-12-10-5-11(16-4)14(3)13-10/h5,8-9,15H,6-7H2,1-4H3,(H,12,13). The summed E-state index contributed by atoms with van der Waals surface area (Å²) in [7, 11) is 3.38. The Morgan fingerprint density at radius 1 is 1.53 bits per heavy atom. The van der Waals surface area contributed by atoms with Crippen LogP contribution < -0.4 is 10.1 Å². The van der Waals surface area contributed by atoms with Gasteiger partial charge in [-0.3, -0.25) is 0 Å². The fraction of sp³-hybridized carbons (Fsp3) is 0.727. The summed E-state index contributed by atoms with van der Waals surface area (Å²) in [5.41, 5.74) is 0. The Morgan fingerprint density at radius 3 is 2.76 bits per heavy atom. The zero-order chi connectivity index (χ0) is 12.8. The van der Waals surface area contributed by atoms with Gasteiger partial charge in [0, 0.05) is 19.7 Å². The number of methoxy groups -OCH3 is 1. The van der Waals surface area contributed by atoms with E-state index in [9.17, 15) is 5.11 Å². The highest BCUT2D eigenvalue weighted by molar-refractivity contribution is 5.38. The van der Waals surface area contributed by atoms with Gasteiger partial charge in [0.2, 0.25) is 5.88 Å². The molecule has 0 spiro atoms. The molecule has 0 aliphatic carbocycles. The first-order valence-corrected chi connectivity index (χ1v) is 5.64. The maximum absolute atomic E-state index is 9.64. The number of rotatable bonds is 7. The van der Waals surface area contributed by atoms with Gasteiger partial charge >= 0.3 is 0 Å². The number of anilines is 1. The highest BCUT2D eigenvalue weighted by Crippen LogP contribution is 2.14. The summed E-state index contributed by atoms with van der Waals surface area (Å²) in [4.78, 5) is 0. The third-order valence-corrected chi connectivity index (χ3v) is 2.19. The molecule has 1 atom stereocenters. The minimum absolute atomic E-state index is 0.125. The van der Waals surface area contributed by atoms with E-state index in [1.807, 2.05) is 13.8 Å². The second-order valence-electron chi connectivity index (χ2n) is 4.11. The summed E-state index contributed by atoms with van der Waals surface area (Å²) in [6.07, 6.45) is -0.426. The molecule has 0 aromatic carbocycles. The van der Waals surface area contributed by atoms with Gasteiger partial charge in [-0.1, -0.05) is 0 Å². The molecule has 1 unspecified atom stereocenters. The molecule has 6 nitrogen and oxygen atoms in total. The van der Waals surface area contributed by atoms with Crippen molar-refractivity contribution in [2.75, 3.05) is 25.6 Å². The molecule has 0 radical (unpaired) electrons. The maximum atomic E-state index is 9.64. The van der Waals surface area contributed by atoms with E-state index >= 15 is 0 Å². The maximum Gasteiger partial charge on any atom is 0.213 e. The van der Waals surface area contributed by atoms with Gasteiger partial charge in [0.1, 0.15) is 0 Å². The first-order chi connectivity index (χ1) is 8.02. The third-order valence-electron chi connectivity index (χ3n) is 2.19. The second-order valence-corrected chi connectivity index (χ2v) is 4.11. The number of hydrogen-bond acceptors (Lipinski definition) is 5. The van der Waals surface area contributed by atoms with E-state index < -0.39 is 6.10 Å². The number of hydrogen-bond donors (Lipinski definition) is 2. The summed E-state index contributed by atoms with van der Waals surface area (Å²) in [6.45, 7) is 4.58. The molecule has 0 amide bonds. The molecule has 1 heterocycles. The molecule has 1 rings (SSSR count). The van der Waals surface area contributed by atoms with E-state index in [1.165, 1.54) is 0 Å². The van der Waals surface area contributed by atoms with Crippen LogP contribution in [0.3, 0.4) is 0 Å². The normalized spacial score (nSPS) is 12.8. The fourth-order valence-corrected chi connectivity index (χ4v) is 1.31. The van der Waals surface area contributed by atoms with Crippen LogP contribution in [0.2, 0.25) is 0 Å². The van der Waals surface area contributed by atoms with Crippen LogP contribution in [-0.4, -0.2) is 47.4 Å². The van der Waals surface area contributed by atoms with Gasteiger partial charge < -0.3 is 19.9 Å². The number of nitrogens with zero attached hydrogens (tertiary/aromatic N) is 2. The Hall–Kier alpha value is -1.27. The Balaban J connectivity index is 2.34. The van der Waals surface area contributed by atoms with E-state index in [-0.39, 0.29) is 6.10 Å². The van der Waals surface area contributed by atoms with E-state index in [2.05, 4.69) is 10.4 Å². The molecule has 98 valence electrons. The highest BCUT2D eigenvalue weighted by Gasteiger charge is 2.08. The monoisotopic (exact) mass is 243 g/mol. The first kappa shape index (κ1) is 13.8. The lowest BCUT2D eigenvalue weighted by atomic mass is 10.3. The molecule has 0 bridgehead atoms. The molecular formula is C11H21N3O3. The minimum Gasteiger partial charge on any atom is -0.481 e. The second kappa shape index (κ2) is 6.46. The predicted molar refractivity (Wildman–Crippen MR) is 65.3 cm³/mol. The van der Waals surface area contributed by atoms with Gasteiger partial charge in [-0.05, 0) is 13.8 Å². The molecule has 1 aromatic heterocycles. The molecular weight excluding hydrogens is 222 g/mol. The number of aliphatic hydroxyl groups is 1. The highest BCUT2D eigenvalue weighted by atomic mass is 16.5. The van der Waals surface area contributed by atoms with E-state index in [0.29, 0.717) is 24.8 Å². The molecule has 0 saturated carbocycles. The van der Waals surface area contributed by atoms with Crippen molar-refractivity contribution in [3.8, 4) is 5.88 Å². The summed E-state index contributed by atoms with van der Waals surface area (Å²) >= 11 is 0. The van der Waals surface area contributed by atoms with Crippen LogP contribution in [0.15, 0.2) is 6.07 Å². The molecule has 0 fully saturated rings. The SMILES string of the molecule is COc1cc(NCC(O)COC(C)C)nn1C. The van der Waals surface area contributed by atoms with Crippen molar-refractivity contribution in [3.05, 3.63) is 6.07 Å². The van der Waals surface area contributed by atoms with Crippen LogP contribution in [0, 0.1) is 0 Å². The average molecular weight is 243 g/mol.